The quantitative estimate of drug-likeness (QED) is 0.366. The van der Waals surface area contributed by atoms with Gasteiger partial charge in [0.2, 0.25) is 0 Å². The van der Waals surface area contributed by atoms with Gasteiger partial charge in [0.15, 0.2) is 23.0 Å². The first kappa shape index (κ1) is 31.5. The predicted octanol–water partition coefficient (Wildman–Crippen LogP) is 6.44. The van der Waals surface area contributed by atoms with Gasteiger partial charge in [-0.25, -0.2) is 0 Å². The second kappa shape index (κ2) is 14.2. The third kappa shape index (κ3) is 6.19. The van der Waals surface area contributed by atoms with Crippen molar-refractivity contribution in [3.05, 3.63) is 46.5 Å². The van der Waals surface area contributed by atoms with Crippen LogP contribution in [0.1, 0.15) is 69.2 Å². The van der Waals surface area contributed by atoms with Gasteiger partial charge in [0, 0.05) is 23.2 Å². The SMILES string of the molecule is C.CCCN1CC[C@@H]2Cc3c(ccc(OC)c3OC)CC21.CCCN1CC[C@@H]2Cc3c(ccc(OC)c3OC)CC21. The third-order valence-electron chi connectivity index (χ3n) is 9.90. The standard InChI is InChI=1S/2C17H25NO2.CH4/c2*1-4-8-18-9-7-13-10-14-12(11-15(13)18)5-6-16(19-2)17(14)20-3;/h2*5-6,13,15H,4,7-11H2,1-3H3;1H4/t2*13-,15?;/m11./s1. The molecule has 0 amide bonds. The Morgan fingerprint density at radius 3 is 1.37 bits per heavy atom. The van der Waals surface area contributed by atoms with E-state index in [-0.39, 0.29) is 7.43 Å². The molecule has 2 saturated heterocycles. The Bertz CT molecular complexity index is 1060. The van der Waals surface area contributed by atoms with Crippen molar-refractivity contribution < 1.29 is 18.9 Å². The summed E-state index contributed by atoms with van der Waals surface area (Å²) in [5.74, 6) is 5.22. The van der Waals surface area contributed by atoms with Crippen molar-refractivity contribution in [3.63, 3.8) is 0 Å². The highest BCUT2D eigenvalue weighted by Crippen LogP contribution is 2.44. The molecule has 228 valence electrons. The second-order valence-electron chi connectivity index (χ2n) is 12.0. The van der Waals surface area contributed by atoms with Gasteiger partial charge in [-0.1, -0.05) is 33.4 Å². The van der Waals surface area contributed by atoms with Crippen molar-refractivity contribution >= 4 is 0 Å². The minimum absolute atomic E-state index is 0. The Kier molecular flexibility index (Phi) is 10.9. The molecule has 0 spiro atoms. The summed E-state index contributed by atoms with van der Waals surface area (Å²) in [6.45, 7) is 9.55. The summed E-state index contributed by atoms with van der Waals surface area (Å²) < 4.78 is 22.1. The molecule has 0 bridgehead atoms. The maximum atomic E-state index is 5.62. The number of methoxy groups -OCH3 is 4. The fourth-order valence-corrected chi connectivity index (χ4v) is 8.04. The van der Waals surface area contributed by atoms with E-state index >= 15 is 0 Å². The van der Waals surface area contributed by atoms with Crippen molar-refractivity contribution in [2.45, 2.75) is 84.7 Å². The number of rotatable bonds is 8. The van der Waals surface area contributed by atoms with Gasteiger partial charge in [0.1, 0.15) is 0 Å². The number of fused-ring (bicyclic) bond motifs is 4. The molecule has 2 aromatic rings. The van der Waals surface area contributed by atoms with Gasteiger partial charge < -0.3 is 18.9 Å². The lowest BCUT2D eigenvalue weighted by Gasteiger charge is -2.34. The van der Waals surface area contributed by atoms with Gasteiger partial charge in [-0.05, 0) is 113 Å². The zero-order valence-electron chi connectivity index (χ0n) is 25.6. The summed E-state index contributed by atoms with van der Waals surface area (Å²) in [5.41, 5.74) is 5.66. The average molecular weight is 567 g/mol. The van der Waals surface area contributed by atoms with E-state index in [4.69, 9.17) is 18.9 Å². The molecule has 4 atom stereocenters. The molecule has 41 heavy (non-hydrogen) atoms. The Morgan fingerprint density at radius 1 is 0.610 bits per heavy atom. The molecule has 0 aromatic heterocycles. The van der Waals surface area contributed by atoms with Gasteiger partial charge in [0.25, 0.3) is 0 Å². The van der Waals surface area contributed by atoms with Crippen LogP contribution in [0.2, 0.25) is 0 Å². The molecule has 4 aliphatic rings. The van der Waals surface area contributed by atoms with E-state index in [9.17, 15) is 0 Å². The van der Waals surface area contributed by atoms with Gasteiger partial charge in [-0.15, -0.1) is 0 Å². The van der Waals surface area contributed by atoms with Crippen LogP contribution >= 0.6 is 0 Å². The second-order valence-corrected chi connectivity index (χ2v) is 12.0. The number of likely N-dealkylation sites (tertiary alicyclic amines) is 2. The van der Waals surface area contributed by atoms with Gasteiger partial charge in [-0.3, -0.25) is 9.80 Å². The molecule has 6 heteroatoms. The van der Waals surface area contributed by atoms with Crippen molar-refractivity contribution in [2.75, 3.05) is 54.6 Å². The van der Waals surface area contributed by atoms with E-state index in [1.165, 1.54) is 87.0 Å². The summed E-state index contributed by atoms with van der Waals surface area (Å²) in [6, 6.07) is 10.0. The molecular weight excluding hydrogens is 512 g/mol. The highest BCUT2D eigenvalue weighted by molar-refractivity contribution is 5.53. The molecule has 0 radical (unpaired) electrons. The van der Waals surface area contributed by atoms with Crippen LogP contribution in [0.25, 0.3) is 0 Å². The Labute approximate surface area is 249 Å². The highest BCUT2D eigenvalue weighted by Gasteiger charge is 2.40. The third-order valence-corrected chi connectivity index (χ3v) is 9.90. The Hall–Kier alpha value is -2.44. The number of nitrogens with zero attached hydrogens (tertiary/aromatic N) is 2. The van der Waals surface area contributed by atoms with Crippen LogP contribution in [0.3, 0.4) is 0 Å². The first-order valence-corrected chi connectivity index (χ1v) is 15.5. The van der Waals surface area contributed by atoms with E-state index in [0.29, 0.717) is 0 Å². The summed E-state index contributed by atoms with van der Waals surface area (Å²) in [6.07, 6.45) is 9.76. The molecule has 6 nitrogen and oxygen atoms in total. The summed E-state index contributed by atoms with van der Waals surface area (Å²) >= 11 is 0. The average Bonchev–Trinajstić information content (AvgIpc) is 3.57. The van der Waals surface area contributed by atoms with Crippen molar-refractivity contribution in [1.82, 2.24) is 9.80 Å². The molecule has 2 aliphatic carbocycles. The predicted molar refractivity (Wildman–Crippen MR) is 168 cm³/mol. The van der Waals surface area contributed by atoms with Crippen LogP contribution in [-0.4, -0.2) is 76.5 Å². The van der Waals surface area contributed by atoms with Gasteiger partial charge in [0.05, 0.1) is 28.4 Å². The fourth-order valence-electron chi connectivity index (χ4n) is 8.04. The number of ether oxygens (including phenoxy) is 4. The normalized spacial score (nSPS) is 24.5. The molecular formula is C35H54N2O4. The van der Waals surface area contributed by atoms with E-state index in [1.807, 2.05) is 0 Å². The van der Waals surface area contributed by atoms with Crippen molar-refractivity contribution in [1.29, 1.82) is 0 Å². The van der Waals surface area contributed by atoms with E-state index < -0.39 is 0 Å². The van der Waals surface area contributed by atoms with Crippen LogP contribution < -0.4 is 18.9 Å². The first-order chi connectivity index (χ1) is 19.6. The largest absolute Gasteiger partial charge is 0.493 e. The lowest BCUT2D eigenvalue weighted by atomic mass is 9.80. The number of benzene rings is 2. The summed E-state index contributed by atoms with van der Waals surface area (Å²) in [5, 5.41) is 0. The summed E-state index contributed by atoms with van der Waals surface area (Å²) in [7, 11) is 6.94. The number of hydrogen-bond acceptors (Lipinski definition) is 6. The maximum Gasteiger partial charge on any atom is 0.164 e. The minimum atomic E-state index is 0. The minimum Gasteiger partial charge on any atom is -0.493 e. The molecule has 2 fully saturated rings. The number of hydrogen-bond donors (Lipinski definition) is 0. The molecule has 0 N–H and O–H groups in total. The van der Waals surface area contributed by atoms with Crippen LogP contribution in [0.15, 0.2) is 24.3 Å². The maximum absolute atomic E-state index is 5.62. The van der Waals surface area contributed by atoms with Crippen molar-refractivity contribution in [2.24, 2.45) is 11.8 Å². The zero-order valence-corrected chi connectivity index (χ0v) is 25.6. The highest BCUT2D eigenvalue weighted by atomic mass is 16.5. The first-order valence-electron chi connectivity index (χ1n) is 15.5. The Morgan fingerprint density at radius 2 is 1.02 bits per heavy atom. The molecule has 2 aliphatic heterocycles. The fraction of sp³-hybridized carbons (Fsp3) is 0.657. The lowest BCUT2D eigenvalue weighted by Crippen LogP contribution is -2.38. The molecule has 2 heterocycles. The van der Waals surface area contributed by atoms with E-state index in [1.54, 1.807) is 28.4 Å². The molecule has 2 aromatic carbocycles. The van der Waals surface area contributed by atoms with E-state index in [0.717, 1.165) is 59.8 Å². The smallest absolute Gasteiger partial charge is 0.164 e. The molecule has 6 rings (SSSR count). The molecule has 2 unspecified atom stereocenters. The zero-order chi connectivity index (χ0) is 28.2. The van der Waals surface area contributed by atoms with Crippen LogP contribution in [0.5, 0.6) is 23.0 Å². The topological polar surface area (TPSA) is 43.4 Å². The van der Waals surface area contributed by atoms with Crippen LogP contribution in [-0.2, 0) is 25.7 Å². The summed E-state index contributed by atoms with van der Waals surface area (Å²) in [4.78, 5) is 5.37. The van der Waals surface area contributed by atoms with Crippen LogP contribution in [0, 0.1) is 11.8 Å². The Balaban J connectivity index is 0.000000184. The van der Waals surface area contributed by atoms with E-state index in [2.05, 4.69) is 47.9 Å². The molecule has 0 saturated carbocycles. The van der Waals surface area contributed by atoms with Gasteiger partial charge >= 0.3 is 0 Å². The van der Waals surface area contributed by atoms with Crippen LogP contribution in [0.4, 0.5) is 0 Å². The van der Waals surface area contributed by atoms with Gasteiger partial charge in [-0.2, -0.15) is 0 Å². The lowest BCUT2D eigenvalue weighted by molar-refractivity contribution is 0.214. The van der Waals surface area contributed by atoms with Crippen molar-refractivity contribution in [3.8, 4) is 23.0 Å². The monoisotopic (exact) mass is 566 g/mol.